The Balaban J connectivity index is 2.40. The smallest absolute Gasteiger partial charge is 0.433 e. The summed E-state index contributed by atoms with van der Waals surface area (Å²) in [6.07, 6.45) is 1.43. The lowest BCUT2D eigenvalue weighted by Gasteiger charge is -2.24. The van der Waals surface area contributed by atoms with Crippen molar-refractivity contribution in [3.05, 3.63) is 23.5 Å². The van der Waals surface area contributed by atoms with E-state index < -0.39 is 11.9 Å². The predicted molar refractivity (Wildman–Crippen MR) is 61.6 cm³/mol. The van der Waals surface area contributed by atoms with Crippen molar-refractivity contribution in [2.45, 2.75) is 44.2 Å². The minimum absolute atomic E-state index is 0.0435. The van der Waals surface area contributed by atoms with Crippen molar-refractivity contribution in [2.75, 3.05) is 7.11 Å². The van der Waals surface area contributed by atoms with Gasteiger partial charge in [-0.1, -0.05) is 19.3 Å². The molecule has 1 aromatic rings. The van der Waals surface area contributed by atoms with Crippen LogP contribution < -0.4 is 4.74 Å². The average Bonchev–Trinajstić information content (AvgIpc) is 2.38. The number of nitrogens with zero attached hydrogens (tertiary/aromatic N) is 1. The second kappa shape index (κ2) is 5.16. The van der Waals surface area contributed by atoms with E-state index in [1.807, 2.05) is 0 Å². The maximum absolute atomic E-state index is 12.9. The molecule has 0 radical (unpaired) electrons. The highest BCUT2D eigenvalue weighted by Crippen LogP contribution is 2.40. The van der Waals surface area contributed by atoms with Crippen LogP contribution in [0, 0.1) is 0 Å². The van der Waals surface area contributed by atoms with E-state index in [1.54, 1.807) is 0 Å². The van der Waals surface area contributed by atoms with E-state index in [4.69, 9.17) is 4.74 Å². The Hall–Kier alpha value is -1.26. The Morgan fingerprint density at radius 3 is 2.44 bits per heavy atom. The van der Waals surface area contributed by atoms with E-state index in [9.17, 15) is 13.2 Å². The zero-order valence-electron chi connectivity index (χ0n) is 10.3. The third kappa shape index (κ3) is 2.76. The highest BCUT2D eigenvalue weighted by Gasteiger charge is 2.37. The monoisotopic (exact) mass is 259 g/mol. The molecule has 0 saturated heterocycles. The van der Waals surface area contributed by atoms with Crippen molar-refractivity contribution in [1.82, 2.24) is 4.98 Å². The van der Waals surface area contributed by atoms with Crippen molar-refractivity contribution >= 4 is 0 Å². The Morgan fingerprint density at radius 1 is 1.22 bits per heavy atom. The zero-order valence-corrected chi connectivity index (χ0v) is 10.3. The van der Waals surface area contributed by atoms with Crippen LogP contribution in [-0.4, -0.2) is 12.1 Å². The minimum Gasteiger partial charge on any atom is -0.495 e. The summed E-state index contributed by atoms with van der Waals surface area (Å²) in [7, 11) is 1.44. The number of hydrogen-bond acceptors (Lipinski definition) is 2. The molecule has 1 saturated carbocycles. The van der Waals surface area contributed by atoms with Crippen LogP contribution in [0.25, 0.3) is 0 Å². The molecule has 0 unspecified atom stereocenters. The Bertz CT molecular complexity index is 411. The van der Waals surface area contributed by atoms with Crippen molar-refractivity contribution < 1.29 is 17.9 Å². The number of rotatable bonds is 2. The first-order chi connectivity index (χ1) is 8.52. The van der Waals surface area contributed by atoms with Gasteiger partial charge in [-0.25, -0.2) is 4.98 Å². The number of aromatic nitrogens is 1. The van der Waals surface area contributed by atoms with E-state index in [0.717, 1.165) is 38.3 Å². The number of pyridine rings is 1. The van der Waals surface area contributed by atoms with Crippen LogP contribution in [0.2, 0.25) is 0 Å². The molecule has 100 valence electrons. The van der Waals surface area contributed by atoms with Gasteiger partial charge in [-0.05, 0) is 30.4 Å². The predicted octanol–water partition coefficient (Wildman–Crippen LogP) is 4.16. The molecule has 0 atom stereocenters. The van der Waals surface area contributed by atoms with Crippen LogP contribution in [0.5, 0.6) is 5.75 Å². The Kier molecular flexibility index (Phi) is 3.78. The van der Waals surface area contributed by atoms with Crippen LogP contribution >= 0.6 is 0 Å². The molecule has 1 aliphatic carbocycles. The van der Waals surface area contributed by atoms with Gasteiger partial charge < -0.3 is 4.74 Å². The zero-order chi connectivity index (χ0) is 13.2. The Morgan fingerprint density at radius 2 is 1.89 bits per heavy atom. The van der Waals surface area contributed by atoms with E-state index in [2.05, 4.69) is 4.98 Å². The van der Waals surface area contributed by atoms with Crippen LogP contribution in [0.3, 0.4) is 0 Å². The topological polar surface area (TPSA) is 22.1 Å². The van der Waals surface area contributed by atoms with Gasteiger partial charge in [0.25, 0.3) is 0 Å². The van der Waals surface area contributed by atoms with Crippen LogP contribution in [0.1, 0.15) is 49.3 Å². The molecule has 1 aliphatic rings. The number of alkyl halides is 3. The molecule has 0 aliphatic heterocycles. The van der Waals surface area contributed by atoms with Crippen molar-refractivity contribution in [2.24, 2.45) is 0 Å². The number of methoxy groups -OCH3 is 1. The molecule has 0 N–H and O–H groups in total. The van der Waals surface area contributed by atoms with Gasteiger partial charge in [-0.2, -0.15) is 13.2 Å². The van der Waals surface area contributed by atoms with Crippen LogP contribution in [0.4, 0.5) is 13.2 Å². The maximum atomic E-state index is 12.9. The highest BCUT2D eigenvalue weighted by molar-refractivity contribution is 5.34. The summed E-state index contributed by atoms with van der Waals surface area (Å²) >= 11 is 0. The van der Waals surface area contributed by atoms with Crippen molar-refractivity contribution in [3.8, 4) is 5.75 Å². The fraction of sp³-hybridized carbons (Fsp3) is 0.615. The molecule has 5 heteroatoms. The molecule has 0 spiro atoms. The third-order valence-corrected chi connectivity index (χ3v) is 3.44. The third-order valence-electron chi connectivity index (χ3n) is 3.44. The quantitative estimate of drug-likeness (QED) is 0.795. The lowest BCUT2D eigenvalue weighted by molar-refractivity contribution is -0.142. The summed E-state index contributed by atoms with van der Waals surface area (Å²) in [5, 5.41) is 0. The fourth-order valence-corrected chi connectivity index (χ4v) is 2.53. The lowest BCUT2D eigenvalue weighted by atomic mass is 9.83. The van der Waals surface area contributed by atoms with Gasteiger partial charge in [-0.3, -0.25) is 0 Å². The summed E-state index contributed by atoms with van der Waals surface area (Å²) in [6, 6.07) is 1.49. The molecule has 2 rings (SSSR count). The molecular formula is C13H16F3NO. The van der Waals surface area contributed by atoms with Gasteiger partial charge in [-0.15, -0.1) is 0 Å². The van der Waals surface area contributed by atoms with Crippen molar-refractivity contribution in [3.63, 3.8) is 0 Å². The molecule has 0 bridgehead atoms. The van der Waals surface area contributed by atoms with E-state index in [0.29, 0.717) is 11.3 Å². The van der Waals surface area contributed by atoms with E-state index in [-0.39, 0.29) is 5.92 Å². The molecule has 2 nitrogen and oxygen atoms in total. The first-order valence-electron chi connectivity index (χ1n) is 6.13. The van der Waals surface area contributed by atoms with Crippen molar-refractivity contribution in [1.29, 1.82) is 0 Å². The van der Waals surface area contributed by atoms with Crippen LogP contribution in [-0.2, 0) is 6.18 Å². The van der Waals surface area contributed by atoms with Gasteiger partial charge >= 0.3 is 6.18 Å². The number of hydrogen-bond donors (Lipinski definition) is 0. The summed E-state index contributed by atoms with van der Waals surface area (Å²) in [5.74, 6) is 0.349. The average molecular weight is 259 g/mol. The first-order valence-corrected chi connectivity index (χ1v) is 6.13. The van der Waals surface area contributed by atoms with E-state index in [1.165, 1.54) is 13.2 Å². The molecule has 0 amide bonds. The summed E-state index contributed by atoms with van der Waals surface area (Å²) < 4.78 is 43.8. The minimum atomic E-state index is -4.39. The highest BCUT2D eigenvalue weighted by atomic mass is 19.4. The summed E-state index contributed by atoms with van der Waals surface area (Å²) in [5.41, 5.74) is -0.461. The van der Waals surface area contributed by atoms with Gasteiger partial charge in [0.05, 0.1) is 13.3 Å². The molecule has 0 aromatic carbocycles. The second-order valence-electron chi connectivity index (χ2n) is 4.65. The molecule has 18 heavy (non-hydrogen) atoms. The first kappa shape index (κ1) is 13.2. The van der Waals surface area contributed by atoms with Gasteiger partial charge in [0.1, 0.15) is 11.4 Å². The van der Waals surface area contributed by atoms with Crippen LogP contribution in [0.15, 0.2) is 12.3 Å². The molecule has 1 fully saturated rings. The second-order valence-corrected chi connectivity index (χ2v) is 4.65. The summed E-state index contributed by atoms with van der Waals surface area (Å²) in [6.45, 7) is 0. The maximum Gasteiger partial charge on any atom is 0.433 e. The largest absolute Gasteiger partial charge is 0.495 e. The van der Waals surface area contributed by atoms with Gasteiger partial charge in [0, 0.05) is 0 Å². The molecule has 1 heterocycles. The van der Waals surface area contributed by atoms with E-state index >= 15 is 0 Å². The normalized spacial score (nSPS) is 17.8. The number of ether oxygens (including phenoxy) is 1. The molecule has 1 aromatic heterocycles. The lowest BCUT2D eigenvalue weighted by Crippen LogP contribution is -2.16. The number of halogens is 3. The standard InChI is InChI=1S/C13H16F3NO/c1-18-10-7-11(9-5-3-2-4-6-9)12(17-8-10)13(14,15)16/h7-9H,2-6H2,1H3. The van der Waals surface area contributed by atoms with Gasteiger partial charge in [0.2, 0.25) is 0 Å². The summed E-state index contributed by atoms with van der Waals surface area (Å²) in [4.78, 5) is 3.55. The molecular weight excluding hydrogens is 243 g/mol. The fourth-order valence-electron chi connectivity index (χ4n) is 2.53. The Labute approximate surface area is 104 Å². The SMILES string of the molecule is COc1cnc(C(F)(F)F)c(C2CCCCC2)c1. The van der Waals surface area contributed by atoms with Gasteiger partial charge in [0.15, 0.2) is 0 Å².